The van der Waals surface area contributed by atoms with E-state index >= 15 is 0 Å². The van der Waals surface area contributed by atoms with Crippen molar-refractivity contribution >= 4 is 17.8 Å². The summed E-state index contributed by atoms with van der Waals surface area (Å²) in [5.74, 6) is -1.71. The molecule has 0 aliphatic carbocycles. The van der Waals surface area contributed by atoms with Crippen LogP contribution in [-0.4, -0.2) is 30.6 Å². The minimum atomic E-state index is -1.34. The third kappa shape index (κ3) is 4.31. The quantitative estimate of drug-likeness (QED) is 0.810. The number of carbonyl (C=O) groups is 3. The summed E-state index contributed by atoms with van der Waals surface area (Å²) in [6, 6.07) is 7.76. The number of ether oxygens (including phenoxy) is 2. The number of carbonyl (C=O) groups excluding carboxylic acids is 3. The van der Waals surface area contributed by atoms with E-state index in [4.69, 9.17) is 9.47 Å². The molecule has 1 rings (SSSR count). The summed E-state index contributed by atoms with van der Waals surface area (Å²) in [6.45, 7) is 4.46. The average molecular weight is 307 g/mol. The molecule has 0 heterocycles. The van der Waals surface area contributed by atoms with Gasteiger partial charge in [0.05, 0.1) is 7.11 Å². The molecule has 1 aromatic rings. The monoisotopic (exact) mass is 307 g/mol. The zero-order chi connectivity index (χ0) is 16.8. The summed E-state index contributed by atoms with van der Waals surface area (Å²) in [7, 11) is 1.25. The first-order valence-corrected chi connectivity index (χ1v) is 6.97. The molecule has 0 saturated heterocycles. The smallest absolute Gasteiger partial charge is 0.333 e. The molecule has 0 bridgehead atoms. The van der Waals surface area contributed by atoms with Crippen molar-refractivity contribution in [2.45, 2.75) is 38.8 Å². The van der Waals surface area contributed by atoms with Crippen LogP contribution in [0.15, 0.2) is 30.3 Å². The third-order valence-corrected chi connectivity index (χ3v) is 3.37. The van der Waals surface area contributed by atoms with Gasteiger partial charge in [-0.15, -0.1) is 0 Å². The van der Waals surface area contributed by atoms with Gasteiger partial charge in [0.25, 0.3) is 5.91 Å². The van der Waals surface area contributed by atoms with Gasteiger partial charge < -0.3 is 14.8 Å². The van der Waals surface area contributed by atoms with E-state index in [1.807, 2.05) is 0 Å². The highest BCUT2D eigenvalue weighted by Gasteiger charge is 2.37. The maximum Gasteiger partial charge on any atom is 0.333 e. The molecule has 120 valence electrons. The summed E-state index contributed by atoms with van der Waals surface area (Å²) < 4.78 is 9.83. The van der Waals surface area contributed by atoms with E-state index in [9.17, 15) is 14.4 Å². The second-order valence-electron chi connectivity index (χ2n) is 5.02. The Hall–Kier alpha value is -2.37. The van der Waals surface area contributed by atoms with Gasteiger partial charge in [0.15, 0.2) is 11.6 Å². The number of esters is 2. The first-order chi connectivity index (χ1) is 10.3. The first kappa shape index (κ1) is 17.7. The van der Waals surface area contributed by atoms with Gasteiger partial charge >= 0.3 is 11.9 Å². The van der Waals surface area contributed by atoms with Crippen molar-refractivity contribution in [2.75, 3.05) is 7.11 Å². The lowest BCUT2D eigenvalue weighted by Crippen LogP contribution is -2.49. The number of hydrogen-bond acceptors (Lipinski definition) is 5. The maximum atomic E-state index is 12.4. The topological polar surface area (TPSA) is 81.7 Å². The molecule has 1 amide bonds. The highest BCUT2D eigenvalue weighted by Crippen LogP contribution is 2.20. The van der Waals surface area contributed by atoms with Crippen LogP contribution in [0.1, 0.15) is 38.8 Å². The van der Waals surface area contributed by atoms with Crippen LogP contribution in [0.5, 0.6) is 0 Å². The van der Waals surface area contributed by atoms with E-state index in [0.29, 0.717) is 5.56 Å². The van der Waals surface area contributed by atoms with E-state index in [1.54, 1.807) is 37.3 Å². The predicted molar refractivity (Wildman–Crippen MR) is 79.8 cm³/mol. The average Bonchev–Trinajstić information content (AvgIpc) is 2.51. The summed E-state index contributed by atoms with van der Waals surface area (Å²) >= 11 is 0. The van der Waals surface area contributed by atoms with Crippen molar-refractivity contribution < 1.29 is 23.9 Å². The molecule has 2 atom stereocenters. The lowest BCUT2D eigenvalue weighted by Gasteiger charge is -2.28. The Bertz CT molecular complexity index is 543. The molecule has 0 fully saturated rings. The molecule has 6 heteroatoms. The van der Waals surface area contributed by atoms with E-state index in [-0.39, 0.29) is 6.42 Å². The summed E-state index contributed by atoms with van der Waals surface area (Å²) in [4.78, 5) is 35.6. The molecule has 22 heavy (non-hydrogen) atoms. The van der Waals surface area contributed by atoms with E-state index in [0.717, 1.165) is 0 Å². The zero-order valence-corrected chi connectivity index (χ0v) is 13.2. The molecule has 0 saturated carbocycles. The Balaban J connectivity index is 3.01. The highest BCUT2D eigenvalue weighted by atomic mass is 16.6. The normalized spacial score (nSPS) is 14.4. The largest absolute Gasteiger partial charge is 0.467 e. The molecule has 6 nitrogen and oxygen atoms in total. The van der Waals surface area contributed by atoms with Crippen molar-refractivity contribution in [1.29, 1.82) is 0 Å². The summed E-state index contributed by atoms with van der Waals surface area (Å²) in [5.41, 5.74) is -0.753. The molecule has 1 N–H and O–H groups in total. The molecule has 0 radical (unpaired) electrons. The standard InChI is InChI=1S/C16H21NO5/c1-5-16(3,22-11(2)18)15(20)17-13(14(19)21-4)12-9-7-6-8-10-12/h6-10,13H,5H2,1-4H3,(H,17,20)/t13-,16-/m0/s1. The fourth-order valence-electron chi connectivity index (χ4n) is 1.92. The molecule has 0 aliphatic heterocycles. The van der Waals surface area contributed by atoms with Gasteiger partial charge in [-0.25, -0.2) is 4.79 Å². The molecule has 0 aromatic heterocycles. The second kappa shape index (κ2) is 7.59. The Morgan fingerprint density at radius 3 is 2.27 bits per heavy atom. The highest BCUT2D eigenvalue weighted by molar-refractivity contribution is 5.91. The van der Waals surface area contributed by atoms with Crippen molar-refractivity contribution in [3.05, 3.63) is 35.9 Å². The van der Waals surface area contributed by atoms with Crippen molar-refractivity contribution in [1.82, 2.24) is 5.32 Å². The predicted octanol–water partition coefficient (Wildman–Crippen LogP) is 1.75. The molecular formula is C16H21NO5. The number of nitrogens with one attached hydrogen (secondary N) is 1. The van der Waals surface area contributed by atoms with E-state index in [1.165, 1.54) is 21.0 Å². The van der Waals surface area contributed by atoms with Gasteiger partial charge in [0.1, 0.15) is 0 Å². The van der Waals surface area contributed by atoms with E-state index in [2.05, 4.69) is 5.32 Å². The van der Waals surface area contributed by atoms with Crippen LogP contribution >= 0.6 is 0 Å². The van der Waals surface area contributed by atoms with Crippen molar-refractivity contribution in [2.24, 2.45) is 0 Å². The first-order valence-electron chi connectivity index (χ1n) is 6.97. The SMILES string of the molecule is CC[C@](C)(OC(C)=O)C(=O)N[C@H](C(=O)OC)c1ccccc1. The summed E-state index contributed by atoms with van der Waals surface area (Å²) in [6.07, 6.45) is 0.279. The summed E-state index contributed by atoms with van der Waals surface area (Å²) in [5, 5.41) is 2.59. The molecule has 0 aliphatic rings. The Morgan fingerprint density at radius 2 is 1.82 bits per heavy atom. The van der Waals surface area contributed by atoms with Gasteiger partial charge in [-0.2, -0.15) is 0 Å². The van der Waals surface area contributed by atoms with Crippen LogP contribution in [0, 0.1) is 0 Å². The van der Waals surface area contributed by atoms with Crippen LogP contribution in [0.2, 0.25) is 0 Å². The van der Waals surface area contributed by atoms with Gasteiger partial charge in [0, 0.05) is 6.92 Å². The van der Waals surface area contributed by atoms with Crippen LogP contribution in [0.4, 0.5) is 0 Å². The molecule has 0 spiro atoms. The minimum absolute atomic E-state index is 0.279. The Labute approximate surface area is 129 Å². The number of methoxy groups -OCH3 is 1. The van der Waals surface area contributed by atoms with Crippen molar-refractivity contribution in [3.63, 3.8) is 0 Å². The van der Waals surface area contributed by atoms with Crippen LogP contribution in [0.3, 0.4) is 0 Å². The molecule has 0 unspecified atom stereocenters. The lowest BCUT2D eigenvalue weighted by molar-refractivity contribution is -0.166. The number of rotatable bonds is 6. The minimum Gasteiger partial charge on any atom is -0.467 e. The third-order valence-electron chi connectivity index (χ3n) is 3.37. The van der Waals surface area contributed by atoms with Gasteiger partial charge in [0.2, 0.25) is 0 Å². The number of amides is 1. The Morgan fingerprint density at radius 1 is 1.23 bits per heavy atom. The second-order valence-corrected chi connectivity index (χ2v) is 5.02. The lowest BCUT2D eigenvalue weighted by atomic mass is 10.00. The number of benzene rings is 1. The van der Waals surface area contributed by atoms with E-state index < -0.39 is 29.5 Å². The van der Waals surface area contributed by atoms with Crippen LogP contribution in [0.25, 0.3) is 0 Å². The maximum absolute atomic E-state index is 12.4. The van der Waals surface area contributed by atoms with Crippen molar-refractivity contribution in [3.8, 4) is 0 Å². The Kier molecular flexibility index (Phi) is 6.10. The fourth-order valence-corrected chi connectivity index (χ4v) is 1.92. The molecular weight excluding hydrogens is 286 g/mol. The zero-order valence-electron chi connectivity index (χ0n) is 13.2. The molecule has 1 aromatic carbocycles. The van der Waals surface area contributed by atoms with Gasteiger partial charge in [-0.05, 0) is 18.9 Å². The van der Waals surface area contributed by atoms with Crippen LogP contribution < -0.4 is 5.32 Å². The van der Waals surface area contributed by atoms with Crippen LogP contribution in [-0.2, 0) is 23.9 Å². The number of hydrogen-bond donors (Lipinski definition) is 1. The van der Waals surface area contributed by atoms with Gasteiger partial charge in [-0.1, -0.05) is 37.3 Å². The van der Waals surface area contributed by atoms with Gasteiger partial charge in [-0.3, -0.25) is 9.59 Å². The fraction of sp³-hybridized carbons (Fsp3) is 0.438.